The second-order valence-corrected chi connectivity index (χ2v) is 3.75. The van der Waals surface area contributed by atoms with Crippen molar-refractivity contribution in [2.45, 2.75) is 26.7 Å². The Labute approximate surface area is 99.4 Å². The van der Waals surface area contributed by atoms with Gasteiger partial charge in [0.1, 0.15) is 0 Å². The first-order chi connectivity index (χ1) is 7.99. The van der Waals surface area contributed by atoms with E-state index >= 15 is 0 Å². The van der Waals surface area contributed by atoms with Crippen LogP contribution < -0.4 is 0 Å². The topological polar surface area (TPSA) is 74.7 Å². The van der Waals surface area contributed by atoms with E-state index in [1.807, 2.05) is 6.92 Å². The number of carboxylic acid groups (broad SMARTS) is 1. The van der Waals surface area contributed by atoms with E-state index in [9.17, 15) is 14.4 Å². The molecule has 5 heteroatoms. The molecule has 1 aliphatic rings. The fourth-order valence-electron chi connectivity index (χ4n) is 1.56. The molecule has 0 aromatic carbocycles. The van der Waals surface area contributed by atoms with Gasteiger partial charge in [0.25, 0.3) is 11.8 Å². The van der Waals surface area contributed by atoms with Crippen LogP contribution >= 0.6 is 0 Å². The zero-order valence-corrected chi connectivity index (χ0v) is 9.90. The molecule has 0 bridgehead atoms. The van der Waals surface area contributed by atoms with Crippen molar-refractivity contribution in [2.24, 2.45) is 0 Å². The second-order valence-electron chi connectivity index (χ2n) is 3.75. The van der Waals surface area contributed by atoms with Crippen LogP contribution in [-0.4, -0.2) is 34.3 Å². The lowest BCUT2D eigenvalue weighted by molar-refractivity contribution is -0.140. The summed E-state index contributed by atoms with van der Waals surface area (Å²) in [5.74, 6) is -1.83. The van der Waals surface area contributed by atoms with Gasteiger partial charge in [-0.2, -0.15) is 0 Å². The molecule has 2 amide bonds. The molecule has 1 heterocycles. The van der Waals surface area contributed by atoms with Crippen LogP contribution in [0.2, 0.25) is 0 Å². The number of carboxylic acids is 1. The minimum atomic E-state index is -1.03. The molecule has 0 saturated carbocycles. The number of allylic oxidation sites excluding steroid dienone is 1. The van der Waals surface area contributed by atoms with E-state index in [0.717, 1.165) is 11.3 Å². The number of nitrogens with zero attached hydrogens (tertiary/aromatic N) is 1. The third kappa shape index (κ3) is 2.81. The highest BCUT2D eigenvalue weighted by atomic mass is 16.4. The maximum Gasteiger partial charge on any atom is 0.305 e. The quantitative estimate of drug-likeness (QED) is 0.727. The van der Waals surface area contributed by atoms with Crippen molar-refractivity contribution in [2.75, 3.05) is 6.54 Å². The average molecular weight is 237 g/mol. The molecule has 5 nitrogen and oxygen atoms in total. The van der Waals surface area contributed by atoms with Gasteiger partial charge < -0.3 is 5.11 Å². The Morgan fingerprint density at radius 2 is 2.00 bits per heavy atom. The molecule has 17 heavy (non-hydrogen) atoms. The first-order valence-electron chi connectivity index (χ1n) is 5.44. The summed E-state index contributed by atoms with van der Waals surface area (Å²) in [4.78, 5) is 35.0. The van der Waals surface area contributed by atoms with E-state index < -0.39 is 17.8 Å². The molecule has 0 spiro atoms. The van der Waals surface area contributed by atoms with Crippen LogP contribution in [-0.2, 0) is 14.4 Å². The van der Waals surface area contributed by atoms with Crippen LogP contribution in [0.15, 0.2) is 23.3 Å². The van der Waals surface area contributed by atoms with Crippen LogP contribution in [0.5, 0.6) is 0 Å². The highest BCUT2D eigenvalue weighted by molar-refractivity contribution is 6.20. The van der Waals surface area contributed by atoms with Crippen LogP contribution in [0.4, 0.5) is 0 Å². The van der Waals surface area contributed by atoms with Gasteiger partial charge in [0, 0.05) is 17.7 Å². The van der Waals surface area contributed by atoms with E-state index in [-0.39, 0.29) is 13.0 Å². The average Bonchev–Trinajstić information content (AvgIpc) is 2.47. The van der Waals surface area contributed by atoms with Gasteiger partial charge in [0.05, 0.1) is 6.42 Å². The molecular formula is C12H15NO4. The Kier molecular flexibility index (Phi) is 4.20. The standard InChI is InChI=1S/C12H15NO4/c1-3-4-5-9-8(2)11(16)13(12(9)17)7-6-10(14)15/h4-5H,3,6-7H2,1-2H3,(H,14,15)/b5-4-. The number of carbonyl (C=O) groups is 3. The van der Waals surface area contributed by atoms with Crippen molar-refractivity contribution in [3.8, 4) is 0 Å². The number of rotatable bonds is 5. The van der Waals surface area contributed by atoms with E-state index in [1.165, 1.54) is 0 Å². The van der Waals surface area contributed by atoms with E-state index in [2.05, 4.69) is 0 Å². The van der Waals surface area contributed by atoms with E-state index in [4.69, 9.17) is 5.11 Å². The minimum Gasteiger partial charge on any atom is -0.481 e. The van der Waals surface area contributed by atoms with Crippen LogP contribution in [0.25, 0.3) is 0 Å². The summed E-state index contributed by atoms with van der Waals surface area (Å²) in [6, 6.07) is 0. The SMILES string of the molecule is CC/C=C\C1=C(C)C(=O)N(CCC(=O)O)C1=O. The van der Waals surface area contributed by atoms with Crippen molar-refractivity contribution in [3.63, 3.8) is 0 Å². The number of imide groups is 1. The number of carbonyl (C=O) groups excluding carboxylic acids is 2. The highest BCUT2D eigenvalue weighted by Gasteiger charge is 2.34. The second kappa shape index (κ2) is 5.43. The van der Waals surface area contributed by atoms with Gasteiger partial charge >= 0.3 is 5.97 Å². The summed E-state index contributed by atoms with van der Waals surface area (Å²) in [6.07, 6.45) is 3.96. The van der Waals surface area contributed by atoms with Crippen molar-refractivity contribution in [3.05, 3.63) is 23.3 Å². The molecule has 0 atom stereocenters. The number of hydrogen-bond donors (Lipinski definition) is 1. The molecule has 0 fully saturated rings. The minimum absolute atomic E-state index is 0.0756. The van der Waals surface area contributed by atoms with Crippen LogP contribution in [0, 0.1) is 0 Å². The van der Waals surface area contributed by atoms with Crippen molar-refractivity contribution >= 4 is 17.8 Å². The predicted octanol–water partition coefficient (Wildman–Crippen LogP) is 1.11. The molecular weight excluding hydrogens is 222 g/mol. The third-order valence-electron chi connectivity index (χ3n) is 2.52. The zero-order valence-electron chi connectivity index (χ0n) is 9.90. The summed E-state index contributed by atoms with van der Waals surface area (Å²) < 4.78 is 0. The van der Waals surface area contributed by atoms with Gasteiger partial charge in [0.2, 0.25) is 0 Å². The van der Waals surface area contributed by atoms with E-state index in [0.29, 0.717) is 11.1 Å². The van der Waals surface area contributed by atoms with Crippen LogP contribution in [0.1, 0.15) is 26.7 Å². The Morgan fingerprint density at radius 1 is 1.35 bits per heavy atom. The highest BCUT2D eigenvalue weighted by Crippen LogP contribution is 2.21. The molecule has 1 N–H and O–H groups in total. The number of amides is 2. The molecule has 1 aliphatic heterocycles. The predicted molar refractivity (Wildman–Crippen MR) is 61.1 cm³/mol. The molecule has 0 radical (unpaired) electrons. The van der Waals surface area contributed by atoms with Crippen molar-refractivity contribution in [1.82, 2.24) is 4.90 Å². The van der Waals surface area contributed by atoms with Gasteiger partial charge in [-0.3, -0.25) is 19.3 Å². The summed E-state index contributed by atoms with van der Waals surface area (Å²) in [6.45, 7) is 3.43. The Morgan fingerprint density at radius 3 is 2.53 bits per heavy atom. The van der Waals surface area contributed by atoms with Gasteiger partial charge in [-0.1, -0.05) is 19.1 Å². The van der Waals surface area contributed by atoms with E-state index in [1.54, 1.807) is 19.1 Å². The Hall–Kier alpha value is -1.91. The van der Waals surface area contributed by atoms with Gasteiger partial charge in [-0.25, -0.2) is 0 Å². The molecule has 0 aromatic rings. The lowest BCUT2D eigenvalue weighted by atomic mass is 10.1. The molecule has 0 aromatic heterocycles. The summed E-state index contributed by atoms with van der Waals surface area (Å²) >= 11 is 0. The molecule has 1 rings (SSSR count). The normalized spacial score (nSPS) is 16.5. The Balaban J connectivity index is 2.83. The maximum absolute atomic E-state index is 11.8. The largest absolute Gasteiger partial charge is 0.481 e. The van der Waals surface area contributed by atoms with Crippen molar-refractivity contribution < 1.29 is 19.5 Å². The molecule has 0 unspecified atom stereocenters. The summed E-state index contributed by atoms with van der Waals surface area (Å²) in [7, 11) is 0. The third-order valence-corrected chi connectivity index (χ3v) is 2.52. The first kappa shape index (κ1) is 13.2. The van der Waals surface area contributed by atoms with Gasteiger partial charge in [-0.05, 0) is 13.3 Å². The monoisotopic (exact) mass is 237 g/mol. The molecule has 92 valence electrons. The van der Waals surface area contributed by atoms with Crippen LogP contribution in [0.3, 0.4) is 0 Å². The lowest BCUT2D eigenvalue weighted by Crippen LogP contribution is -2.33. The number of aliphatic carboxylic acids is 1. The zero-order chi connectivity index (χ0) is 13.0. The molecule has 0 saturated heterocycles. The first-order valence-corrected chi connectivity index (χ1v) is 5.44. The van der Waals surface area contributed by atoms with Gasteiger partial charge in [-0.15, -0.1) is 0 Å². The summed E-state index contributed by atoms with van der Waals surface area (Å²) in [5.41, 5.74) is 0.743. The lowest BCUT2D eigenvalue weighted by Gasteiger charge is -2.12. The maximum atomic E-state index is 11.8. The summed E-state index contributed by atoms with van der Waals surface area (Å²) in [5, 5.41) is 8.54. The fraction of sp³-hybridized carbons (Fsp3) is 0.417. The van der Waals surface area contributed by atoms with Crippen molar-refractivity contribution in [1.29, 1.82) is 0 Å². The fourth-order valence-corrected chi connectivity index (χ4v) is 1.56. The Bertz CT molecular complexity index is 420. The smallest absolute Gasteiger partial charge is 0.305 e. The molecule has 0 aliphatic carbocycles. The van der Waals surface area contributed by atoms with Gasteiger partial charge in [0.15, 0.2) is 0 Å². The number of hydrogen-bond acceptors (Lipinski definition) is 3.